The molecule has 0 N–H and O–H groups in total. The summed E-state index contributed by atoms with van der Waals surface area (Å²) < 4.78 is 9.97. The lowest BCUT2D eigenvalue weighted by Crippen LogP contribution is -2.29. The molecule has 0 amide bonds. The van der Waals surface area contributed by atoms with Crippen LogP contribution in [0, 0.1) is 5.41 Å². The molecule has 13 heavy (non-hydrogen) atoms. The molecule has 3 nitrogen and oxygen atoms in total. The van der Waals surface area contributed by atoms with Gasteiger partial charge in [-0.15, -0.1) is 11.6 Å². The van der Waals surface area contributed by atoms with Crippen LogP contribution in [0.5, 0.6) is 0 Å². The predicted octanol–water partition coefficient (Wildman–Crippen LogP) is 1.83. The number of carbonyl (C=O) groups excluding carboxylic acids is 1. The van der Waals surface area contributed by atoms with Gasteiger partial charge in [-0.1, -0.05) is 0 Å². The van der Waals surface area contributed by atoms with Gasteiger partial charge in [-0.3, -0.25) is 4.79 Å². The van der Waals surface area contributed by atoms with Crippen molar-refractivity contribution in [3.05, 3.63) is 0 Å². The number of halogens is 1. The molecule has 0 rings (SSSR count). The Balaban J connectivity index is 3.62. The first-order valence-corrected chi connectivity index (χ1v) is 4.89. The minimum Gasteiger partial charge on any atom is -0.463 e. The molecule has 0 radical (unpaired) electrons. The van der Waals surface area contributed by atoms with Crippen molar-refractivity contribution in [2.45, 2.75) is 20.8 Å². The van der Waals surface area contributed by atoms with Crippen molar-refractivity contribution in [2.75, 3.05) is 25.7 Å². The summed E-state index contributed by atoms with van der Waals surface area (Å²) >= 11 is 5.60. The van der Waals surface area contributed by atoms with Gasteiger partial charge >= 0.3 is 5.97 Å². The quantitative estimate of drug-likeness (QED) is 0.380. The molecule has 0 saturated carbocycles. The molecule has 0 fully saturated rings. The van der Waals surface area contributed by atoms with Crippen molar-refractivity contribution >= 4 is 17.6 Å². The zero-order valence-corrected chi connectivity index (χ0v) is 9.19. The molecule has 0 unspecified atom stereocenters. The van der Waals surface area contributed by atoms with Crippen LogP contribution in [-0.4, -0.2) is 31.7 Å². The summed E-state index contributed by atoms with van der Waals surface area (Å²) in [5.41, 5.74) is -0.603. The van der Waals surface area contributed by atoms with E-state index in [2.05, 4.69) is 0 Å². The van der Waals surface area contributed by atoms with Gasteiger partial charge in [-0.05, 0) is 20.8 Å². The molecule has 4 heteroatoms. The summed E-state index contributed by atoms with van der Waals surface area (Å²) in [5.74, 6) is -0.0114. The fourth-order valence-electron chi connectivity index (χ4n) is 0.588. The highest BCUT2D eigenvalue weighted by Gasteiger charge is 2.27. The normalized spacial score (nSPS) is 11.4. The summed E-state index contributed by atoms with van der Waals surface area (Å²) in [5, 5.41) is 0. The average Bonchev–Trinajstić information content (AvgIpc) is 2.12. The van der Waals surface area contributed by atoms with Gasteiger partial charge in [-0.2, -0.15) is 0 Å². The van der Waals surface area contributed by atoms with Gasteiger partial charge < -0.3 is 9.47 Å². The first kappa shape index (κ1) is 12.7. The van der Waals surface area contributed by atoms with Crippen LogP contribution in [0.4, 0.5) is 0 Å². The summed E-state index contributed by atoms with van der Waals surface area (Å²) in [6, 6.07) is 0. The number of alkyl halides is 1. The van der Waals surface area contributed by atoms with E-state index in [1.807, 2.05) is 6.92 Å². The van der Waals surface area contributed by atoms with E-state index in [1.54, 1.807) is 13.8 Å². The van der Waals surface area contributed by atoms with Crippen molar-refractivity contribution < 1.29 is 14.3 Å². The molecule has 0 aliphatic heterocycles. The van der Waals surface area contributed by atoms with Crippen LogP contribution in [0.3, 0.4) is 0 Å². The Morgan fingerprint density at radius 1 is 1.38 bits per heavy atom. The molecule has 0 aliphatic rings. The molecule has 0 aromatic heterocycles. The van der Waals surface area contributed by atoms with Gasteiger partial charge in [0.1, 0.15) is 6.61 Å². The van der Waals surface area contributed by atoms with E-state index in [0.717, 1.165) is 0 Å². The summed E-state index contributed by atoms with van der Waals surface area (Å²) in [7, 11) is 0. The second kappa shape index (κ2) is 6.22. The second-order valence-corrected chi connectivity index (χ2v) is 3.62. The number of hydrogen-bond acceptors (Lipinski definition) is 3. The van der Waals surface area contributed by atoms with E-state index in [-0.39, 0.29) is 11.8 Å². The van der Waals surface area contributed by atoms with E-state index in [9.17, 15) is 4.79 Å². The largest absolute Gasteiger partial charge is 0.463 e. The minimum atomic E-state index is -0.603. The molecule has 0 saturated heterocycles. The smallest absolute Gasteiger partial charge is 0.312 e. The van der Waals surface area contributed by atoms with Crippen molar-refractivity contribution in [1.29, 1.82) is 0 Å². The fourth-order valence-corrected chi connectivity index (χ4v) is 0.697. The fraction of sp³-hybridized carbons (Fsp3) is 0.889. The first-order valence-electron chi connectivity index (χ1n) is 4.35. The Kier molecular flexibility index (Phi) is 6.08. The van der Waals surface area contributed by atoms with Gasteiger partial charge in [0.25, 0.3) is 0 Å². The zero-order valence-electron chi connectivity index (χ0n) is 8.43. The monoisotopic (exact) mass is 208 g/mol. The Hall–Kier alpha value is -0.280. The van der Waals surface area contributed by atoms with Gasteiger partial charge in [0, 0.05) is 12.5 Å². The van der Waals surface area contributed by atoms with E-state index < -0.39 is 5.41 Å². The van der Waals surface area contributed by atoms with Crippen LogP contribution in [0.25, 0.3) is 0 Å². The molecule has 0 aromatic rings. The summed E-state index contributed by atoms with van der Waals surface area (Å²) in [4.78, 5) is 11.3. The highest BCUT2D eigenvalue weighted by atomic mass is 35.5. The molecular formula is C9H17ClO3. The third kappa shape index (κ3) is 5.11. The highest BCUT2D eigenvalue weighted by molar-refractivity contribution is 6.19. The molecule has 0 spiro atoms. The lowest BCUT2D eigenvalue weighted by molar-refractivity contribution is -0.154. The highest BCUT2D eigenvalue weighted by Crippen LogP contribution is 2.18. The maximum absolute atomic E-state index is 11.3. The van der Waals surface area contributed by atoms with Gasteiger partial charge in [0.2, 0.25) is 0 Å². The van der Waals surface area contributed by atoms with Crippen LogP contribution < -0.4 is 0 Å². The first-order chi connectivity index (χ1) is 6.04. The topological polar surface area (TPSA) is 35.5 Å². The number of rotatable bonds is 6. The number of hydrogen-bond donors (Lipinski definition) is 0. The average molecular weight is 209 g/mol. The minimum absolute atomic E-state index is 0.264. The lowest BCUT2D eigenvalue weighted by Gasteiger charge is -2.18. The van der Waals surface area contributed by atoms with Crippen molar-refractivity contribution in [3.63, 3.8) is 0 Å². The Morgan fingerprint density at radius 2 is 2.00 bits per heavy atom. The Bertz CT molecular complexity index is 157. The van der Waals surface area contributed by atoms with Crippen LogP contribution in [0.2, 0.25) is 0 Å². The van der Waals surface area contributed by atoms with E-state index >= 15 is 0 Å². The third-order valence-electron chi connectivity index (χ3n) is 1.55. The molecule has 0 heterocycles. The van der Waals surface area contributed by atoms with Gasteiger partial charge in [0.15, 0.2) is 0 Å². The molecule has 0 bridgehead atoms. The maximum atomic E-state index is 11.3. The van der Waals surface area contributed by atoms with Gasteiger partial charge in [0.05, 0.1) is 12.0 Å². The van der Waals surface area contributed by atoms with E-state index in [1.165, 1.54) is 0 Å². The van der Waals surface area contributed by atoms with Crippen LogP contribution >= 0.6 is 11.6 Å². The molecular weight excluding hydrogens is 192 g/mol. The summed E-state index contributed by atoms with van der Waals surface area (Å²) in [6.45, 7) is 6.78. The Labute approximate surface area is 84.4 Å². The second-order valence-electron chi connectivity index (χ2n) is 3.35. The molecule has 78 valence electrons. The zero-order chi connectivity index (χ0) is 10.3. The predicted molar refractivity (Wildman–Crippen MR) is 52.0 cm³/mol. The standard InChI is InChI=1S/C9H17ClO3/c1-4-12-5-6-13-8(11)9(2,3)7-10/h4-7H2,1-3H3. The van der Waals surface area contributed by atoms with E-state index in [4.69, 9.17) is 21.1 Å². The van der Waals surface area contributed by atoms with Crippen molar-refractivity contribution in [1.82, 2.24) is 0 Å². The maximum Gasteiger partial charge on any atom is 0.312 e. The van der Waals surface area contributed by atoms with Crippen LogP contribution in [0.15, 0.2) is 0 Å². The number of esters is 1. The summed E-state index contributed by atoms with van der Waals surface area (Å²) in [6.07, 6.45) is 0. The number of carbonyl (C=O) groups is 1. The van der Waals surface area contributed by atoms with Gasteiger partial charge in [-0.25, -0.2) is 0 Å². The number of ether oxygens (including phenoxy) is 2. The molecule has 0 aromatic carbocycles. The van der Waals surface area contributed by atoms with Crippen molar-refractivity contribution in [2.24, 2.45) is 5.41 Å². The van der Waals surface area contributed by atoms with Crippen molar-refractivity contribution in [3.8, 4) is 0 Å². The van der Waals surface area contributed by atoms with Crippen LogP contribution in [-0.2, 0) is 14.3 Å². The molecule has 0 aliphatic carbocycles. The third-order valence-corrected chi connectivity index (χ3v) is 2.22. The van der Waals surface area contributed by atoms with E-state index in [0.29, 0.717) is 19.8 Å². The Morgan fingerprint density at radius 3 is 2.46 bits per heavy atom. The van der Waals surface area contributed by atoms with Crippen LogP contribution in [0.1, 0.15) is 20.8 Å². The SMILES string of the molecule is CCOCCOC(=O)C(C)(C)CCl. The lowest BCUT2D eigenvalue weighted by atomic mass is 9.97. The molecule has 0 atom stereocenters.